The largest absolute Gasteiger partial charge is 0.454 e. The Bertz CT molecular complexity index is 907. The maximum Gasteiger partial charge on any atom is 0.325 e. The van der Waals surface area contributed by atoms with Gasteiger partial charge in [0.1, 0.15) is 12.2 Å². The fourth-order valence-corrected chi connectivity index (χ4v) is 2.50. The van der Waals surface area contributed by atoms with Gasteiger partial charge in [-0.15, -0.1) is 0 Å². The molecule has 8 nitrogen and oxygen atoms in total. The second-order valence-corrected chi connectivity index (χ2v) is 7.55. The Kier molecular flexibility index (Phi) is 6.93. The van der Waals surface area contributed by atoms with Crippen molar-refractivity contribution in [3.8, 4) is 0 Å². The summed E-state index contributed by atoms with van der Waals surface area (Å²) >= 11 is 0. The summed E-state index contributed by atoms with van der Waals surface area (Å²) in [6.45, 7) is 5.20. The first kappa shape index (κ1) is 21.9. The van der Waals surface area contributed by atoms with Crippen molar-refractivity contribution in [2.45, 2.75) is 26.2 Å². The van der Waals surface area contributed by atoms with Crippen molar-refractivity contribution < 1.29 is 23.9 Å². The predicted octanol–water partition coefficient (Wildman–Crippen LogP) is 1.55. The molecule has 1 aromatic carbocycles. The molecule has 2 rings (SSSR count). The minimum Gasteiger partial charge on any atom is -0.454 e. The van der Waals surface area contributed by atoms with E-state index >= 15 is 0 Å². The van der Waals surface area contributed by atoms with E-state index in [1.165, 1.54) is 0 Å². The van der Waals surface area contributed by atoms with Crippen LogP contribution in [0.1, 0.15) is 47.2 Å². The molecule has 29 heavy (non-hydrogen) atoms. The van der Waals surface area contributed by atoms with Crippen molar-refractivity contribution in [3.63, 3.8) is 0 Å². The lowest BCUT2D eigenvalue weighted by Gasteiger charge is -2.19. The lowest BCUT2D eigenvalue weighted by Crippen LogP contribution is -2.37. The normalized spacial score (nSPS) is 10.9. The van der Waals surface area contributed by atoms with E-state index in [0.29, 0.717) is 11.3 Å². The molecular formula is C21H25N3O5. The Balaban J connectivity index is 1.75. The number of nitrogens with one attached hydrogen (secondary N) is 2. The Morgan fingerprint density at radius 1 is 1.00 bits per heavy atom. The van der Waals surface area contributed by atoms with Gasteiger partial charge in [0, 0.05) is 18.8 Å². The number of nitrogens with zero attached hydrogens (tertiary/aromatic N) is 1. The zero-order chi connectivity index (χ0) is 21.6. The number of carbonyl (C=O) groups is 4. The van der Waals surface area contributed by atoms with Crippen LogP contribution in [0.15, 0.2) is 42.6 Å². The first-order chi connectivity index (χ1) is 13.6. The van der Waals surface area contributed by atoms with Gasteiger partial charge in [-0.05, 0) is 35.2 Å². The van der Waals surface area contributed by atoms with Crippen molar-refractivity contribution in [1.82, 2.24) is 15.2 Å². The van der Waals surface area contributed by atoms with Gasteiger partial charge < -0.3 is 14.6 Å². The summed E-state index contributed by atoms with van der Waals surface area (Å²) < 4.78 is 6.33. The number of hydrogen-bond donors (Lipinski definition) is 2. The Labute approximate surface area is 169 Å². The number of aromatic nitrogens is 1. The van der Waals surface area contributed by atoms with E-state index < -0.39 is 30.3 Å². The molecular weight excluding hydrogens is 374 g/mol. The number of imide groups is 1. The van der Waals surface area contributed by atoms with Gasteiger partial charge in [0.25, 0.3) is 17.7 Å². The molecule has 0 aliphatic rings. The molecule has 0 aliphatic carbocycles. The van der Waals surface area contributed by atoms with E-state index in [2.05, 4.69) is 31.4 Å². The van der Waals surface area contributed by atoms with Crippen LogP contribution in [-0.4, -0.2) is 41.4 Å². The second-order valence-electron chi connectivity index (χ2n) is 7.55. The SMILES string of the molecule is Cn1cccc1C(=O)NC(=O)COC(=O)CNC(=O)c1ccc(C(C)(C)C)cc1. The van der Waals surface area contributed by atoms with Gasteiger partial charge in [0.2, 0.25) is 0 Å². The van der Waals surface area contributed by atoms with Crippen LogP contribution in [0.2, 0.25) is 0 Å². The molecule has 1 heterocycles. The average Bonchev–Trinajstić information content (AvgIpc) is 3.10. The quantitative estimate of drug-likeness (QED) is 0.717. The molecule has 0 atom stereocenters. The molecule has 0 bridgehead atoms. The standard InChI is InChI=1S/C21H25N3O5/c1-21(2,3)15-9-7-14(8-10-15)19(27)22-12-18(26)29-13-17(25)23-20(28)16-6-5-11-24(16)4/h5-11H,12-13H2,1-4H3,(H,22,27)(H,23,25,28). The predicted molar refractivity (Wildman–Crippen MR) is 106 cm³/mol. The third kappa shape index (κ3) is 6.31. The minimum atomic E-state index is -0.786. The van der Waals surface area contributed by atoms with E-state index in [0.717, 1.165) is 5.56 Å². The summed E-state index contributed by atoms with van der Waals surface area (Å²) in [7, 11) is 1.67. The van der Waals surface area contributed by atoms with Crippen molar-refractivity contribution in [3.05, 3.63) is 59.4 Å². The van der Waals surface area contributed by atoms with Gasteiger partial charge in [-0.25, -0.2) is 0 Å². The maximum absolute atomic E-state index is 12.1. The topological polar surface area (TPSA) is 106 Å². The third-order valence-corrected chi connectivity index (χ3v) is 4.20. The van der Waals surface area contributed by atoms with Gasteiger partial charge in [-0.3, -0.25) is 24.5 Å². The van der Waals surface area contributed by atoms with Gasteiger partial charge in [0.05, 0.1) is 0 Å². The fourth-order valence-electron chi connectivity index (χ4n) is 2.50. The highest BCUT2D eigenvalue weighted by atomic mass is 16.5. The van der Waals surface area contributed by atoms with Crippen LogP contribution in [0, 0.1) is 0 Å². The van der Waals surface area contributed by atoms with Gasteiger partial charge in [-0.1, -0.05) is 32.9 Å². The summed E-state index contributed by atoms with van der Waals surface area (Å²) in [4.78, 5) is 47.5. The van der Waals surface area contributed by atoms with Crippen LogP contribution in [0.3, 0.4) is 0 Å². The van der Waals surface area contributed by atoms with Crippen molar-refractivity contribution in [1.29, 1.82) is 0 Å². The number of aryl methyl sites for hydroxylation is 1. The molecule has 0 radical (unpaired) electrons. The van der Waals surface area contributed by atoms with Gasteiger partial charge >= 0.3 is 5.97 Å². The molecule has 0 spiro atoms. The molecule has 0 saturated carbocycles. The van der Waals surface area contributed by atoms with E-state index in [4.69, 9.17) is 4.74 Å². The number of carbonyl (C=O) groups excluding carboxylic acids is 4. The maximum atomic E-state index is 12.1. The van der Waals surface area contributed by atoms with Crippen LogP contribution >= 0.6 is 0 Å². The van der Waals surface area contributed by atoms with E-state index in [1.54, 1.807) is 42.1 Å². The molecule has 0 fully saturated rings. The second kappa shape index (κ2) is 9.18. The number of ether oxygens (including phenoxy) is 1. The molecule has 2 N–H and O–H groups in total. The molecule has 8 heteroatoms. The molecule has 0 saturated heterocycles. The van der Waals surface area contributed by atoms with Crippen LogP contribution in [0.4, 0.5) is 0 Å². The van der Waals surface area contributed by atoms with Crippen molar-refractivity contribution in [2.75, 3.05) is 13.2 Å². The Morgan fingerprint density at radius 3 is 2.21 bits per heavy atom. The molecule has 2 aromatic rings. The van der Waals surface area contributed by atoms with E-state index in [9.17, 15) is 19.2 Å². The number of rotatable bonds is 6. The average molecular weight is 399 g/mol. The summed E-state index contributed by atoms with van der Waals surface area (Å²) in [6.07, 6.45) is 1.67. The van der Waals surface area contributed by atoms with Gasteiger partial charge in [-0.2, -0.15) is 0 Å². The van der Waals surface area contributed by atoms with E-state index in [-0.39, 0.29) is 12.0 Å². The lowest BCUT2D eigenvalue weighted by molar-refractivity contribution is -0.147. The summed E-state index contributed by atoms with van der Waals surface area (Å²) in [5, 5.41) is 4.56. The Hall–Kier alpha value is -3.42. The van der Waals surface area contributed by atoms with Crippen LogP contribution in [0.25, 0.3) is 0 Å². The zero-order valence-electron chi connectivity index (χ0n) is 16.9. The minimum absolute atomic E-state index is 0.0268. The van der Waals surface area contributed by atoms with Crippen LogP contribution in [-0.2, 0) is 26.8 Å². The van der Waals surface area contributed by atoms with E-state index in [1.807, 2.05) is 12.1 Å². The monoisotopic (exact) mass is 399 g/mol. The first-order valence-electron chi connectivity index (χ1n) is 9.08. The first-order valence-corrected chi connectivity index (χ1v) is 9.08. The molecule has 3 amide bonds. The highest BCUT2D eigenvalue weighted by Crippen LogP contribution is 2.22. The Morgan fingerprint density at radius 2 is 1.66 bits per heavy atom. The highest BCUT2D eigenvalue weighted by Gasteiger charge is 2.16. The number of benzene rings is 1. The van der Waals surface area contributed by atoms with Crippen molar-refractivity contribution >= 4 is 23.7 Å². The molecule has 154 valence electrons. The fraction of sp³-hybridized carbons (Fsp3) is 0.333. The lowest BCUT2D eigenvalue weighted by atomic mass is 9.87. The molecule has 0 aliphatic heterocycles. The summed E-state index contributed by atoms with van der Waals surface area (Å²) in [5.41, 5.74) is 1.77. The van der Waals surface area contributed by atoms with Crippen molar-refractivity contribution in [2.24, 2.45) is 7.05 Å². The molecule has 1 aromatic heterocycles. The van der Waals surface area contributed by atoms with Gasteiger partial charge in [0.15, 0.2) is 6.61 Å². The summed E-state index contributed by atoms with van der Waals surface area (Å²) in [5.74, 6) is -2.56. The third-order valence-electron chi connectivity index (χ3n) is 4.20. The molecule has 0 unspecified atom stereocenters. The van der Waals surface area contributed by atoms with Crippen LogP contribution < -0.4 is 10.6 Å². The number of hydrogen-bond acceptors (Lipinski definition) is 5. The number of amides is 3. The van der Waals surface area contributed by atoms with Crippen LogP contribution in [0.5, 0.6) is 0 Å². The zero-order valence-corrected chi connectivity index (χ0v) is 16.9. The number of esters is 1. The smallest absolute Gasteiger partial charge is 0.325 e. The summed E-state index contributed by atoms with van der Waals surface area (Å²) in [6, 6.07) is 10.3. The highest BCUT2D eigenvalue weighted by molar-refractivity contribution is 6.04.